The molecule has 2 N–H and O–H groups in total. The number of hydrogen-bond acceptors (Lipinski definition) is 4. The van der Waals surface area contributed by atoms with E-state index in [2.05, 4.69) is 10.6 Å². The van der Waals surface area contributed by atoms with Crippen LogP contribution in [-0.2, 0) is 22.7 Å². The maximum Gasteiger partial charge on any atom is 0.251 e. The summed E-state index contributed by atoms with van der Waals surface area (Å²) >= 11 is 1.48. The van der Waals surface area contributed by atoms with Crippen molar-refractivity contribution in [2.24, 2.45) is 0 Å². The summed E-state index contributed by atoms with van der Waals surface area (Å²) in [4.78, 5) is 25.0. The van der Waals surface area contributed by atoms with E-state index in [9.17, 15) is 9.59 Å². The minimum Gasteiger partial charge on any atom is -0.374 e. The lowest BCUT2D eigenvalue weighted by Gasteiger charge is -2.17. The van der Waals surface area contributed by atoms with E-state index in [0.29, 0.717) is 30.2 Å². The van der Waals surface area contributed by atoms with Crippen LogP contribution in [0.2, 0.25) is 0 Å². The Balaban J connectivity index is 1.66. The normalized spacial score (nSPS) is 13.3. The van der Waals surface area contributed by atoms with Crippen LogP contribution in [0.5, 0.6) is 0 Å². The standard InChI is InChI=1S/C20H22N2O3S/c1-13(2)25-11-16-6-4-3-5-15(16)10-21-20(24)14-7-8-18-17(9-14)22-19(23)12-26-18/h3-9,13H,10-12H2,1-2H3,(H,21,24)(H,22,23). The summed E-state index contributed by atoms with van der Waals surface area (Å²) in [6.45, 7) is 4.94. The molecule has 2 aromatic carbocycles. The summed E-state index contributed by atoms with van der Waals surface area (Å²) < 4.78 is 5.68. The highest BCUT2D eigenvalue weighted by molar-refractivity contribution is 8.00. The third kappa shape index (κ3) is 4.65. The molecular formula is C20H22N2O3S. The van der Waals surface area contributed by atoms with E-state index in [1.807, 2.05) is 44.2 Å². The van der Waals surface area contributed by atoms with Gasteiger partial charge in [-0.3, -0.25) is 9.59 Å². The molecule has 0 saturated carbocycles. The predicted molar refractivity (Wildman–Crippen MR) is 103 cm³/mol. The monoisotopic (exact) mass is 370 g/mol. The van der Waals surface area contributed by atoms with E-state index in [1.54, 1.807) is 12.1 Å². The van der Waals surface area contributed by atoms with Crippen molar-refractivity contribution in [3.8, 4) is 0 Å². The molecule has 2 aromatic rings. The first-order valence-electron chi connectivity index (χ1n) is 8.56. The maximum absolute atomic E-state index is 12.5. The average Bonchev–Trinajstić information content (AvgIpc) is 2.64. The first-order valence-corrected chi connectivity index (χ1v) is 9.55. The van der Waals surface area contributed by atoms with Crippen molar-refractivity contribution in [2.45, 2.75) is 38.0 Å². The quantitative estimate of drug-likeness (QED) is 0.815. The van der Waals surface area contributed by atoms with Crippen molar-refractivity contribution in [1.29, 1.82) is 0 Å². The van der Waals surface area contributed by atoms with Crippen LogP contribution in [0.3, 0.4) is 0 Å². The number of hydrogen-bond donors (Lipinski definition) is 2. The second-order valence-corrected chi connectivity index (χ2v) is 7.38. The number of anilines is 1. The first kappa shape index (κ1) is 18.5. The smallest absolute Gasteiger partial charge is 0.251 e. The number of thioether (sulfide) groups is 1. The Morgan fingerprint density at radius 3 is 2.77 bits per heavy atom. The Morgan fingerprint density at radius 2 is 2.00 bits per heavy atom. The topological polar surface area (TPSA) is 67.4 Å². The van der Waals surface area contributed by atoms with Gasteiger partial charge in [0.15, 0.2) is 0 Å². The Bertz CT molecular complexity index is 820. The fourth-order valence-corrected chi connectivity index (χ4v) is 3.42. The van der Waals surface area contributed by atoms with Crippen LogP contribution in [0.1, 0.15) is 35.3 Å². The van der Waals surface area contributed by atoms with Gasteiger partial charge in [0, 0.05) is 17.0 Å². The molecule has 0 bridgehead atoms. The third-order valence-electron chi connectivity index (χ3n) is 4.00. The van der Waals surface area contributed by atoms with Crippen molar-refractivity contribution in [1.82, 2.24) is 5.32 Å². The van der Waals surface area contributed by atoms with E-state index in [1.165, 1.54) is 11.8 Å². The van der Waals surface area contributed by atoms with Crippen molar-refractivity contribution in [3.63, 3.8) is 0 Å². The summed E-state index contributed by atoms with van der Waals surface area (Å²) in [5.74, 6) is 0.199. The Kier molecular flexibility index (Phi) is 5.96. The molecule has 0 radical (unpaired) electrons. The molecule has 0 saturated heterocycles. The van der Waals surface area contributed by atoms with Crippen molar-refractivity contribution in [3.05, 3.63) is 59.2 Å². The summed E-state index contributed by atoms with van der Waals surface area (Å²) in [6, 6.07) is 13.3. The van der Waals surface area contributed by atoms with Crippen molar-refractivity contribution in [2.75, 3.05) is 11.1 Å². The van der Waals surface area contributed by atoms with E-state index < -0.39 is 0 Å². The fraction of sp³-hybridized carbons (Fsp3) is 0.300. The van der Waals surface area contributed by atoms with Gasteiger partial charge in [-0.25, -0.2) is 0 Å². The molecule has 136 valence electrons. The zero-order valence-corrected chi connectivity index (χ0v) is 15.7. The van der Waals surface area contributed by atoms with Crippen LogP contribution in [0.15, 0.2) is 47.4 Å². The van der Waals surface area contributed by atoms with Crippen LogP contribution < -0.4 is 10.6 Å². The van der Waals surface area contributed by atoms with Crippen LogP contribution in [0.4, 0.5) is 5.69 Å². The van der Waals surface area contributed by atoms with Gasteiger partial charge in [-0.15, -0.1) is 11.8 Å². The van der Waals surface area contributed by atoms with Gasteiger partial charge >= 0.3 is 0 Å². The minimum atomic E-state index is -0.169. The van der Waals surface area contributed by atoms with E-state index in [-0.39, 0.29) is 17.9 Å². The van der Waals surface area contributed by atoms with Crippen LogP contribution in [0.25, 0.3) is 0 Å². The van der Waals surface area contributed by atoms with Gasteiger partial charge in [0.25, 0.3) is 5.91 Å². The molecule has 1 aliphatic rings. The van der Waals surface area contributed by atoms with Gasteiger partial charge in [-0.05, 0) is 43.2 Å². The number of rotatable bonds is 6. The number of carbonyl (C=O) groups excluding carboxylic acids is 2. The molecule has 1 aliphatic heterocycles. The van der Waals surface area contributed by atoms with Crippen LogP contribution in [-0.4, -0.2) is 23.7 Å². The lowest BCUT2D eigenvalue weighted by atomic mass is 10.1. The van der Waals surface area contributed by atoms with Gasteiger partial charge in [-0.1, -0.05) is 24.3 Å². The summed E-state index contributed by atoms with van der Waals surface area (Å²) in [7, 11) is 0. The predicted octanol–water partition coefficient (Wildman–Crippen LogP) is 3.59. The summed E-state index contributed by atoms with van der Waals surface area (Å²) in [5, 5.41) is 5.76. The molecule has 0 unspecified atom stereocenters. The Morgan fingerprint density at radius 1 is 1.23 bits per heavy atom. The van der Waals surface area contributed by atoms with Gasteiger partial charge in [0.05, 0.1) is 24.2 Å². The molecule has 0 aromatic heterocycles. The molecular weight excluding hydrogens is 348 g/mol. The van der Waals surface area contributed by atoms with E-state index in [0.717, 1.165) is 16.0 Å². The second kappa shape index (κ2) is 8.38. The SMILES string of the molecule is CC(C)OCc1ccccc1CNC(=O)c1ccc2c(c1)NC(=O)CS2. The van der Waals surface area contributed by atoms with Gasteiger partial charge in [0.1, 0.15) is 0 Å². The second-order valence-electron chi connectivity index (χ2n) is 6.36. The molecule has 2 amide bonds. The largest absolute Gasteiger partial charge is 0.374 e. The van der Waals surface area contributed by atoms with Gasteiger partial charge < -0.3 is 15.4 Å². The average molecular weight is 370 g/mol. The lowest BCUT2D eigenvalue weighted by molar-refractivity contribution is -0.113. The van der Waals surface area contributed by atoms with Crippen LogP contribution >= 0.6 is 11.8 Å². The van der Waals surface area contributed by atoms with E-state index >= 15 is 0 Å². The fourth-order valence-electron chi connectivity index (χ4n) is 2.63. The number of ether oxygens (including phenoxy) is 1. The van der Waals surface area contributed by atoms with Gasteiger partial charge in [-0.2, -0.15) is 0 Å². The van der Waals surface area contributed by atoms with E-state index in [4.69, 9.17) is 4.74 Å². The summed E-state index contributed by atoms with van der Waals surface area (Å²) in [6.07, 6.45) is 0.154. The zero-order valence-electron chi connectivity index (χ0n) is 14.9. The molecule has 26 heavy (non-hydrogen) atoms. The Hall–Kier alpha value is -2.31. The number of fused-ring (bicyclic) bond motifs is 1. The highest BCUT2D eigenvalue weighted by Crippen LogP contribution is 2.31. The molecule has 0 fully saturated rings. The zero-order chi connectivity index (χ0) is 18.5. The molecule has 5 nitrogen and oxygen atoms in total. The van der Waals surface area contributed by atoms with Crippen molar-refractivity contribution < 1.29 is 14.3 Å². The minimum absolute atomic E-state index is 0.0425. The number of benzene rings is 2. The van der Waals surface area contributed by atoms with Crippen LogP contribution in [0, 0.1) is 0 Å². The maximum atomic E-state index is 12.5. The van der Waals surface area contributed by atoms with Crippen molar-refractivity contribution >= 4 is 29.3 Å². The van der Waals surface area contributed by atoms with Gasteiger partial charge in [0.2, 0.25) is 5.91 Å². The molecule has 3 rings (SSSR count). The highest BCUT2D eigenvalue weighted by Gasteiger charge is 2.17. The first-order chi connectivity index (χ1) is 12.5. The molecule has 0 spiro atoms. The number of nitrogens with one attached hydrogen (secondary N) is 2. The lowest BCUT2D eigenvalue weighted by Crippen LogP contribution is -2.24. The molecule has 1 heterocycles. The number of carbonyl (C=O) groups is 2. The molecule has 6 heteroatoms. The number of amides is 2. The third-order valence-corrected chi connectivity index (χ3v) is 5.08. The molecule has 0 aliphatic carbocycles. The molecule has 0 atom stereocenters. The highest BCUT2D eigenvalue weighted by atomic mass is 32.2. The Labute approximate surface area is 157 Å². The summed E-state index contributed by atoms with van der Waals surface area (Å²) in [5.41, 5.74) is 3.33.